The topological polar surface area (TPSA) is 41.9 Å². The Morgan fingerprint density at radius 3 is 2.48 bits per heavy atom. The van der Waals surface area contributed by atoms with Crippen molar-refractivity contribution in [2.45, 2.75) is 26.9 Å². The van der Waals surface area contributed by atoms with Crippen LogP contribution >= 0.6 is 27.7 Å². The predicted molar refractivity (Wildman–Crippen MR) is 141 cm³/mol. The molecule has 1 heterocycles. The van der Waals surface area contributed by atoms with Crippen molar-refractivity contribution in [1.82, 2.24) is 4.90 Å². The van der Waals surface area contributed by atoms with Gasteiger partial charge in [-0.3, -0.25) is 9.69 Å². The number of carbonyl (C=O) groups is 1. The molecule has 1 saturated heterocycles. The lowest BCUT2D eigenvalue weighted by Crippen LogP contribution is -2.28. The van der Waals surface area contributed by atoms with Crippen LogP contribution in [0.15, 0.2) is 87.2 Å². The molecule has 3 aromatic carbocycles. The van der Waals surface area contributed by atoms with Crippen molar-refractivity contribution in [3.05, 3.63) is 98.9 Å². The van der Waals surface area contributed by atoms with Crippen LogP contribution in [0.4, 0.5) is 5.69 Å². The van der Waals surface area contributed by atoms with E-state index in [-0.39, 0.29) is 5.91 Å². The predicted octanol–water partition coefficient (Wildman–Crippen LogP) is 7.21. The van der Waals surface area contributed by atoms with E-state index in [9.17, 15) is 4.79 Å². The summed E-state index contributed by atoms with van der Waals surface area (Å²) < 4.78 is 7.13. The molecule has 0 spiro atoms. The molecule has 6 heteroatoms. The Morgan fingerprint density at radius 2 is 1.73 bits per heavy atom. The molecule has 0 saturated carbocycles. The number of aliphatic imine (C=N–C) groups is 1. The summed E-state index contributed by atoms with van der Waals surface area (Å²) in [6.45, 7) is 5.10. The molecule has 0 N–H and O–H groups in total. The number of nitrogens with zero attached hydrogens (tertiary/aromatic N) is 2. The van der Waals surface area contributed by atoms with Crippen molar-refractivity contribution >= 4 is 50.5 Å². The van der Waals surface area contributed by atoms with E-state index in [4.69, 9.17) is 9.73 Å². The lowest BCUT2D eigenvalue weighted by molar-refractivity contribution is -0.122. The van der Waals surface area contributed by atoms with Gasteiger partial charge in [-0.2, -0.15) is 0 Å². The minimum absolute atomic E-state index is 0.0297. The number of aryl methyl sites for hydroxylation is 1. The highest BCUT2D eigenvalue weighted by molar-refractivity contribution is 9.10. The van der Waals surface area contributed by atoms with Crippen LogP contribution in [0.25, 0.3) is 6.08 Å². The van der Waals surface area contributed by atoms with E-state index in [0.717, 1.165) is 33.5 Å². The van der Waals surface area contributed by atoms with Crippen LogP contribution in [0.2, 0.25) is 0 Å². The minimum atomic E-state index is -0.0297. The number of benzene rings is 3. The maximum atomic E-state index is 13.1. The van der Waals surface area contributed by atoms with Crippen LogP contribution in [0.5, 0.6) is 5.75 Å². The second-order valence-corrected chi connectivity index (χ2v) is 9.41. The molecule has 168 valence electrons. The average Bonchev–Trinajstić information content (AvgIpc) is 3.13. The normalized spacial score (nSPS) is 16.1. The van der Waals surface area contributed by atoms with E-state index in [0.29, 0.717) is 23.2 Å². The van der Waals surface area contributed by atoms with Gasteiger partial charge in [0.25, 0.3) is 5.91 Å². The van der Waals surface area contributed by atoms with E-state index in [1.807, 2.05) is 79.7 Å². The number of hydrogen-bond donors (Lipinski definition) is 0. The molecule has 0 radical (unpaired) electrons. The number of likely N-dealkylation sites (N-methyl/N-ethyl adjacent to an activating group) is 1. The summed E-state index contributed by atoms with van der Waals surface area (Å²) in [6, 6.07) is 23.9. The van der Waals surface area contributed by atoms with Gasteiger partial charge in [0.15, 0.2) is 5.17 Å². The van der Waals surface area contributed by atoms with E-state index >= 15 is 0 Å². The Morgan fingerprint density at radius 1 is 1.00 bits per heavy atom. The Labute approximate surface area is 207 Å². The summed E-state index contributed by atoms with van der Waals surface area (Å²) in [5.74, 6) is 0.712. The van der Waals surface area contributed by atoms with Gasteiger partial charge in [0.2, 0.25) is 0 Å². The van der Waals surface area contributed by atoms with Crippen LogP contribution in [0, 0.1) is 0 Å². The lowest BCUT2D eigenvalue weighted by Gasteiger charge is -2.13. The van der Waals surface area contributed by atoms with Crippen molar-refractivity contribution in [3.63, 3.8) is 0 Å². The van der Waals surface area contributed by atoms with Gasteiger partial charge in [-0.05, 0) is 66.6 Å². The van der Waals surface area contributed by atoms with Crippen molar-refractivity contribution in [3.8, 4) is 5.75 Å². The maximum Gasteiger partial charge on any atom is 0.266 e. The molecule has 1 aliphatic heterocycles. The molecular weight excluding hydrogens is 496 g/mol. The third-order valence-corrected chi connectivity index (χ3v) is 6.84. The number of thioether (sulfide) groups is 1. The van der Waals surface area contributed by atoms with Crippen molar-refractivity contribution < 1.29 is 9.53 Å². The molecule has 0 aliphatic carbocycles. The van der Waals surface area contributed by atoms with Gasteiger partial charge in [-0.15, -0.1) is 0 Å². The number of carbonyl (C=O) groups excluding carboxylic acids is 1. The second-order valence-electron chi connectivity index (χ2n) is 7.49. The highest BCUT2D eigenvalue weighted by atomic mass is 79.9. The third kappa shape index (κ3) is 5.57. The fourth-order valence-corrected chi connectivity index (χ4v) is 4.82. The smallest absolute Gasteiger partial charge is 0.266 e. The van der Waals surface area contributed by atoms with Crippen LogP contribution in [-0.2, 0) is 17.8 Å². The van der Waals surface area contributed by atoms with Gasteiger partial charge in [0.05, 0.1) is 10.6 Å². The molecule has 0 unspecified atom stereocenters. The number of amides is 1. The quantitative estimate of drug-likeness (QED) is 0.309. The average molecular weight is 521 g/mol. The van der Waals surface area contributed by atoms with E-state index in [1.54, 1.807) is 4.90 Å². The molecule has 33 heavy (non-hydrogen) atoms. The zero-order valence-corrected chi connectivity index (χ0v) is 21.0. The molecule has 4 nitrogen and oxygen atoms in total. The van der Waals surface area contributed by atoms with Gasteiger partial charge in [0.1, 0.15) is 12.4 Å². The first-order valence-corrected chi connectivity index (χ1v) is 12.5. The zero-order valence-electron chi connectivity index (χ0n) is 18.6. The molecule has 0 bridgehead atoms. The fourth-order valence-electron chi connectivity index (χ4n) is 3.51. The summed E-state index contributed by atoms with van der Waals surface area (Å²) in [5, 5.41) is 0.711. The molecule has 0 aromatic heterocycles. The van der Waals surface area contributed by atoms with Crippen LogP contribution in [-0.4, -0.2) is 22.5 Å². The van der Waals surface area contributed by atoms with Crippen LogP contribution < -0.4 is 4.74 Å². The Hall–Kier alpha value is -2.83. The first-order valence-electron chi connectivity index (χ1n) is 10.9. The SMILES string of the molecule is CCc1ccccc1N=C1S/C(=C/c2ccccc2OCc2ccc(Br)cc2)C(=O)N1CC. The first kappa shape index (κ1) is 23.3. The van der Waals surface area contributed by atoms with E-state index in [1.165, 1.54) is 17.3 Å². The standard InChI is InChI=1S/C27H25BrN2O2S/c1-3-20-9-5-7-11-23(20)29-27-30(4-2)26(31)25(33-27)17-21-10-6-8-12-24(21)32-18-19-13-15-22(28)16-14-19/h5-17H,3-4,18H2,1-2H3/b25-17+,29-27?. The molecule has 0 atom stereocenters. The number of rotatable bonds is 7. The second kappa shape index (κ2) is 10.9. The first-order chi connectivity index (χ1) is 16.1. The number of para-hydroxylation sites is 2. The Kier molecular flexibility index (Phi) is 7.68. The fraction of sp³-hybridized carbons (Fsp3) is 0.185. The zero-order chi connectivity index (χ0) is 23.2. The summed E-state index contributed by atoms with van der Waals surface area (Å²) in [4.78, 5) is 20.3. The molecule has 1 amide bonds. The molecular formula is C27H25BrN2O2S. The number of ether oxygens (including phenoxy) is 1. The number of amidine groups is 1. The number of halogens is 1. The van der Waals surface area contributed by atoms with Gasteiger partial charge in [-0.1, -0.05) is 71.4 Å². The largest absolute Gasteiger partial charge is 0.488 e. The molecule has 1 aliphatic rings. The summed E-state index contributed by atoms with van der Waals surface area (Å²) >= 11 is 4.87. The minimum Gasteiger partial charge on any atom is -0.488 e. The van der Waals surface area contributed by atoms with Crippen molar-refractivity contribution in [2.24, 2.45) is 4.99 Å². The van der Waals surface area contributed by atoms with Gasteiger partial charge in [0, 0.05) is 16.6 Å². The lowest BCUT2D eigenvalue weighted by atomic mass is 10.1. The van der Waals surface area contributed by atoms with Gasteiger partial charge < -0.3 is 4.74 Å². The van der Waals surface area contributed by atoms with Crippen LogP contribution in [0.3, 0.4) is 0 Å². The summed E-state index contributed by atoms with van der Waals surface area (Å²) in [7, 11) is 0. The molecule has 4 rings (SSSR count). The van der Waals surface area contributed by atoms with E-state index < -0.39 is 0 Å². The van der Waals surface area contributed by atoms with Crippen molar-refractivity contribution in [1.29, 1.82) is 0 Å². The Bertz CT molecular complexity index is 1200. The summed E-state index contributed by atoms with van der Waals surface area (Å²) in [6.07, 6.45) is 2.80. The van der Waals surface area contributed by atoms with Crippen LogP contribution in [0.1, 0.15) is 30.5 Å². The summed E-state index contributed by atoms with van der Waals surface area (Å²) in [5.41, 5.74) is 4.02. The van der Waals surface area contributed by atoms with E-state index in [2.05, 4.69) is 28.9 Å². The number of hydrogen-bond acceptors (Lipinski definition) is 4. The monoisotopic (exact) mass is 520 g/mol. The van der Waals surface area contributed by atoms with Gasteiger partial charge in [-0.25, -0.2) is 4.99 Å². The molecule has 1 fully saturated rings. The highest BCUT2D eigenvalue weighted by Crippen LogP contribution is 2.36. The maximum absolute atomic E-state index is 13.1. The third-order valence-electron chi connectivity index (χ3n) is 5.31. The highest BCUT2D eigenvalue weighted by Gasteiger charge is 2.32. The Balaban J connectivity index is 1.59. The van der Waals surface area contributed by atoms with Crippen molar-refractivity contribution in [2.75, 3.05) is 6.54 Å². The molecule has 3 aromatic rings. The van der Waals surface area contributed by atoms with Gasteiger partial charge >= 0.3 is 0 Å².